The van der Waals surface area contributed by atoms with Crippen molar-refractivity contribution in [2.45, 2.75) is 32.6 Å². The molecule has 0 radical (unpaired) electrons. The first kappa shape index (κ1) is 17.3. The van der Waals surface area contributed by atoms with E-state index < -0.39 is 0 Å². The zero-order chi connectivity index (χ0) is 17.5. The van der Waals surface area contributed by atoms with Crippen molar-refractivity contribution in [3.8, 4) is 0 Å². The molecule has 1 saturated heterocycles. The SMILES string of the molecule is Cc1ccc(NC(=O)CNc2ccccc2N2CCCCCC2)cc1. The molecule has 0 bridgehead atoms. The number of aryl methyl sites for hydroxylation is 1. The highest BCUT2D eigenvalue weighted by molar-refractivity contribution is 5.94. The van der Waals surface area contributed by atoms with E-state index in [0.717, 1.165) is 24.5 Å². The topological polar surface area (TPSA) is 44.4 Å². The molecule has 3 rings (SSSR count). The van der Waals surface area contributed by atoms with Crippen molar-refractivity contribution in [1.82, 2.24) is 0 Å². The lowest BCUT2D eigenvalue weighted by Crippen LogP contribution is -2.26. The van der Waals surface area contributed by atoms with Gasteiger partial charge in [-0.15, -0.1) is 0 Å². The van der Waals surface area contributed by atoms with E-state index in [4.69, 9.17) is 0 Å². The van der Waals surface area contributed by atoms with Crippen LogP contribution in [-0.2, 0) is 4.79 Å². The average Bonchev–Trinajstić information content (AvgIpc) is 2.91. The Balaban J connectivity index is 1.60. The minimum absolute atomic E-state index is 0.0328. The number of hydrogen-bond donors (Lipinski definition) is 2. The summed E-state index contributed by atoms with van der Waals surface area (Å²) in [5.74, 6) is -0.0328. The number of amides is 1. The monoisotopic (exact) mass is 337 g/mol. The Morgan fingerprint density at radius 2 is 1.64 bits per heavy atom. The summed E-state index contributed by atoms with van der Waals surface area (Å²) in [7, 11) is 0. The Labute approximate surface area is 150 Å². The van der Waals surface area contributed by atoms with Gasteiger partial charge < -0.3 is 15.5 Å². The minimum Gasteiger partial charge on any atom is -0.374 e. The van der Waals surface area contributed by atoms with Gasteiger partial charge >= 0.3 is 0 Å². The number of nitrogens with zero attached hydrogens (tertiary/aromatic N) is 1. The Morgan fingerprint density at radius 1 is 0.960 bits per heavy atom. The molecule has 1 aliphatic rings. The maximum atomic E-state index is 12.2. The van der Waals surface area contributed by atoms with Gasteiger partial charge in [0.2, 0.25) is 5.91 Å². The molecule has 0 unspecified atom stereocenters. The Morgan fingerprint density at radius 3 is 2.36 bits per heavy atom. The molecule has 2 aromatic rings. The van der Waals surface area contributed by atoms with Crippen molar-refractivity contribution < 1.29 is 4.79 Å². The highest BCUT2D eigenvalue weighted by atomic mass is 16.1. The van der Waals surface area contributed by atoms with E-state index in [1.807, 2.05) is 37.3 Å². The Kier molecular flexibility index (Phi) is 5.94. The second-order valence-corrected chi connectivity index (χ2v) is 6.69. The van der Waals surface area contributed by atoms with Crippen LogP contribution in [0.1, 0.15) is 31.2 Å². The van der Waals surface area contributed by atoms with Crippen LogP contribution in [-0.4, -0.2) is 25.5 Å². The van der Waals surface area contributed by atoms with Crippen LogP contribution in [0.15, 0.2) is 48.5 Å². The van der Waals surface area contributed by atoms with E-state index >= 15 is 0 Å². The van der Waals surface area contributed by atoms with Crippen molar-refractivity contribution >= 4 is 23.0 Å². The first-order valence-corrected chi connectivity index (χ1v) is 9.17. The standard InChI is InChI=1S/C21H27N3O/c1-17-10-12-18(13-11-17)23-21(25)16-22-19-8-4-5-9-20(19)24-14-6-2-3-7-15-24/h4-5,8-13,22H,2-3,6-7,14-16H2,1H3,(H,23,25). The second-order valence-electron chi connectivity index (χ2n) is 6.69. The first-order chi connectivity index (χ1) is 12.2. The van der Waals surface area contributed by atoms with Crippen molar-refractivity contribution in [2.24, 2.45) is 0 Å². The van der Waals surface area contributed by atoms with Crippen LogP contribution in [0.5, 0.6) is 0 Å². The normalized spacial score (nSPS) is 14.7. The summed E-state index contributed by atoms with van der Waals surface area (Å²) in [5.41, 5.74) is 4.25. The number of nitrogens with one attached hydrogen (secondary N) is 2. The van der Waals surface area contributed by atoms with Gasteiger partial charge in [0.05, 0.1) is 17.9 Å². The number of rotatable bonds is 5. The molecular weight excluding hydrogens is 310 g/mol. The molecule has 2 N–H and O–H groups in total. The molecule has 25 heavy (non-hydrogen) atoms. The second kappa shape index (κ2) is 8.56. The predicted octanol–water partition coefficient (Wildman–Crippen LogP) is 4.43. The molecule has 1 amide bonds. The predicted molar refractivity (Wildman–Crippen MR) is 105 cm³/mol. The van der Waals surface area contributed by atoms with Gasteiger partial charge in [-0.25, -0.2) is 0 Å². The zero-order valence-corrected chi connectivity index (χ0v) is 14.9. The fourth-order valence-corrected chi connectivity index (χ4v) is 3.23. The number of para-hydroxylation sites is 2. The van der Waals surface area contributed by atoms with Crippen molar-refractivity contribution in [2.75, 3.05) is 35.2 Å². The lowest BCUT2D eigenvalue weighted by molar-refractivity contribution is -0.114. The van der Waals surface area contributed by atoms with Gasteiger partial charge in [0, 0.05) is 18.8 Å². The lowest BCUT2D eigenvalue weighted by atomic mass is 10.2. The molecular formula is C21H27N3O. The van der Waals surface area contributed by atoms with E-state index in [1.165, 1.54) is 36.9 Å². The van der Waals surface area contributed by atoms with Crippen LogP contribution in [0.3, 0.4) is 0 Å². The van der Waals surface area contributed by atoms with E-state index in [-0.39, 0.29) is 12.5 Å². The van der Waals surface area contributed by atoms with Crippen LogP contribution in [0.4, 0.5) is 17.1 Å². The van der Waals surface area contributed by atoms with Gasteiger partial charge in [-0.3, -0.25) is 4.79 Å². The molecule has 0 saturated carbocycles. The molecule has 0 aliphatic carbocycles. The van der Waals surface area contributed by atoms with Gasteiger partial charge in [0.1, 0.15) is 0 Å². The summed E-state index contributed by atoms with van der Waals surface area (Å²) in [6, 6.07) is 16.1. The van der Waals surface area contributed by atoms with Crippen LogP contribution in [0.25, 0.3) is 0 Å². The lowest BCUT2D eigenvalue weighted by Gasteiger charge is -2.25. The largest absolute Gasteiger partial charge is 0.374 e. The van der Waals surface area contributed by atoms with Crippen molar-refractivity contribution in [3.05, 3.63) is 54.1 Å². The van der Waals surface area contributed by atoms with Crippen LogP contribution >= 0.6 is 0 Å². The van der Waals surface area contributed by atoms with E-state index in [0.29, 0.717) is 0 Å². The van der Waals surface area contributed by atoms with E-state index in [1.54, 1.807) is 0 Å². The third kappa shape index (κ3) is 4.99. The van der Waals surface area contributed by atoms with Crippen LogP contribution in [0.2, 0.25) is 0 Å². The summed E-state index contributed by atoms with van der Waals surface area (Å²) >= 11 is 0. The van der Waals surface area contributed by atoms with Gasteiger partial charge in [-0.2, -0.15) is 0 Å². The number of anilines is 3. The number of hydrogen-bond acceptors (Lipinski definition) is 3. The molecule has 0 aromatic heterocycles. The van der Waals surface area contributed by atoms with Crippen molar-refractivity contribution in [3.63, 3.8) is 0 Å². The fraction of sp³-hybridized carbons (Fsp3) is 0.381. The van der Waals surface area contributed by atoms with Gasteiger partial charge in [0.15, 0.2) is 0 Å². The molecule has 4 nitrogen and oxygen atoms in total. The molecule has 0 atom stereocenters. The summed E-state index contributed by atoms with van der Waals surface area (Å²) in [6.45, 7) is 4.48. The maximum absolute atomic E-state index is 12.2. The summed E-state index contributed by atoms with van der Waals surface area (Å²) < 4.78 is 0. The molecule has 132 valence electrons. The molecule has 1 heterocycles. The third-order valence-corrected chi connectivity index (χ3v) is 4.63. The number of benzene rings is 2. The smallest absolute Gasteiger partial charge is 0.243 e. The average molecular weight is 337 g/mol. The van der Waals surface area contributed by atoms with E-state index in [9.17, 15) is 4.79 Å². The minimum atomic E-state index is -0.0328. The molecule has 4 heteroatoms. The Bertz CT molecular complexity index is 689. The Hall–Kier alpha value is -2.49. The quantitative estimate of drug-likeness (QED) is 0.848. The highest BCUT2D eigenvalue weighted by Crippen LogP contribution is 2.27. The van der Waals surface area contributed by atoms with Crippen LogP contribution in [0, 0.1) is 6.92 Å². The summed E-state index contributed by atoms with van der Waals surface area (Å²) in [5, 5.41) is 6.24. The summed E-state index contributed by atoms with van der Waals surface area (Å²) in [4.78, 5) is 14.7. The van der Waals surface area contributed by atoms with Gasteiger partial charge in [-0.05, 0) is 44.0 Å². The third-order valence-electron chi connectivity index (χ3n) is 4.63. The summed E-state index contributed by atoms with van der Waals surface area (Å²) in [6.07, 6.45) is 5.10. The van der Waals surface area contributed by atoms with Crippen LogP contribution < -0.4 is 15.5 Å². The van der Waals surface area contributed by atoms with Gasteiger partial charge in [-0.1, -0.05) is 42.7 Å². The number of carbonyl (C=O) groups excluding carboxylic acids is 1. The number of carbonyl (C=O) groups is 1. The fourth-order valence-electron chi connectivity index (χ4n) is 3.23. The zero-order valence-electron chi connectivity index (χ0n) is 14.9. The van der Waals surface area contributed by atoms with E-state index in [2.05, 4.69) is 33.7 Å². The molecule has 0 spiro atoms. The highest BCUT2D eigenvalue weighted by Gasteiger charge is 2.13. The van der Waals surface area contributed by atoms with Gasteiger partial charge in [0.25, 0.3) is 0 Å². The molecule has 1 fully saturated rings. The molecule has 2 aromatic carbocycles. The van der Waals surface area contributed by atoms with Crippen molar-refractivity contribution in [1.29, 1.82) is 0 Å². The first-order valence-electron chi connectivity index (χ1n) is 9.17. The molecule has 1 aliphatic heterocycles. The maximum Gasteiger partial charge on any atom is 0.243 e.